The largest absolute Gasteiger partial charge is 0.497 e. The van der Waals surface area contributed by atoms with Gasteiger partial charge in [-0.05, 0) is 43.3 Å². The number of piperazine rings is 1. The number of benzene rings is 2. The number of hydrogen-bond acceptors (Lipinski definition) is 6. The summed E-state index contributed by atoms with van der Waals surface area (Å²) in [5.41, 5.74) is 2.97. The maximum atomic E-state index is 13.1. The molecule has 0 bridgehead atoms. The van der Waals surface area contributed by atoms with Crippen LogP contribution in [0.4, 0.5) is 5.69 Å². The van der Waals surface area contributed by atoms with Crippen molar-refractivity contribution in [1.29, 1.82) is 5.26 Å². The number of aromatic nitrogens is 1. The average Bonchev–Trinajstić information content (AvgIpc) is 2.78. The molecule has 4 rings (SSSR count). The number of ether oxygens (including phenoxy) is 1. The van der Waals surface area contributed by atoms with Crippen LogP contribution in [0.5, 0.6) is 5.75 Å². The Morgan fingerprint density at radius 3 is 2.50 bits per heavy atom. The Balaban J connectivity index is 1.62. The molecule has 154 valence electrons. The predicted octanol–water partition coefficient (Wildman–Crippen LogP) is 2.93. The van der Waals surface area contributed by atoms with E-state index < -0.39 is 10.0 Å². The van der Waals surface area contributed by atoms with Crippen LogP contribution in [0.15, 0.2) is 53.4 Å². The van der Waals surface area contributed by atoms with Crippen molar-refractivity contribution < 1.29 is 13.2 Å². The van der Waals surface area contributed by atoms with E-state index in [-0.39, 0.29) is 10.5 Å². The van der Waals surface area contributed by atoms with Gasteiger partial charge in [0.05, 0.1) is 23.1 Å². The SMILES string of the molecule is COc1ccc2nc(C)cc(N3CCN(S(=O)(=O)c4ccccc4C#N)CC3)c2c1. The monoisotopic (exact) mass is 422 g/mol. The van der Waals surface area contributed by atoms with Crippen molar-refractivity contribution in [2.24, 2.45) is 0 Å². The number of pyridine rings is 1. The van der Waals surface area contributed by atoms with Crippen LogP contribution in [-0.4, -0.2) is 51.0 Å². The van der Waals surface area contributed by atoms with Gasteiger partial charge < -0.3 is 9.64 Å². The number of hydrogen-bond donors (Lipinski definition) is 0. The van der Waals surface area contributed by atoms with Crippen LogP contribution in [0, 0.1) is 18.3 Å². The molecule has 0 spiro atoms. The molecule has 1 aromatic heterocycles. The van der Waals surface area contributed by atoms with Gasteiger partial charge in [-0.25, -0.2) is 8.42 Å². The predicted molar refractivity (Wildman–Crippen MR) is 115 cm³/mol. The highest BCUT2D eigenvalue weighted by molar-refractivity contribution is 7.89. The Morgan fingerprint density at radius 2 is 1.80 bits per heavy atom. The average molecular weight is 423 g/mol. The van der Waals surface area contributed by atoms with Crippen LogP contribution in [-0.2, 0) is 10.0 Å². The third-order valence-electron chi connectivity index (χ3n) is 5.33. The number of nitriles is 1. The van der Waals surface area contributed by atoms with E-state index in [4.69, 9.17) is 4.74 Å². The minimum Gasteiger partial charge on any atom is -0.497 e. The molecule has 0 N–H and O–H groups in total. The second-order valence-corrected chi connectivity index (χ2v) is 9.07. The summed E-state index contributed by atoms with van der Waals surface area (Å²) in [5, 5.41) is 10.3. The summed E-state index contributed by atoms with van der Waals surface area (Å²) in [5.74, 6) is 0.753. The number of methoxy groups -OCH3 is 1. The number of aryl methyl sites for hydroxylation is 1. The molecule has 1 saturated heterocycles. The van der Waals surface area contributed by atoms with E-state index in [0.717, 1.165) is 28.0 Å². The normalized spacial score (nSPS) is 15.2. The molecule has 2 heterocycles. The fourth-order valence-corrected chi connectivity index (χ4v) is 5.36. The van der Waals surface area contributed by atoms with Gasteiger partial charge in [0.2, 0.25) is 10.0 Å². The fraction of sp³-hybridized carbons (Fsp3) is 0.273. The molecule has 1 fully saturated rings. The molecule has 0 atom stereocenters. The highest BCUT2D eigenvalue weighted by atomic mass is 32.2. The number of fused-ring (bicyclic) bond motifs is 1. The molecule has 8 heteroatoms. The third-order valence-corrected chi connectivity index (χ3v) is 7.28. The zero-order valence-electron chi connectivity index (χ0n) is 16.9. The smallest absolute Gasteiger partial charge is 0.244 e. The zero-order valence-corrected chi connectivity index (χ0v) is 17.7. The summed E-state index contributed by atoms with van der Waals surface area (Å²) in [6.07, 6.45) is 0. The first kappa shape index (κ1) is 20.1. The summed E-state index contributed by atoms with van der Waals surface area (Å²) in [6.45, 7) is 3.73. The summed E-state index contributed by atoms with van der Waals surface area (Å²) in [6, 6.07) is 16.1. The van der Waals surface area contributed by atoms with Crippen molar-refractivity contribution in [3.05, 3.63) is 59.8 Å². The van der Waals surface area contributed by atoms with E-state index in [0.29, 0.717) is 26.2 Å². The van der Waals surface area contributed by atoms with E-state index in [1.54, 1.807) is 19.2 Å². The van der Waals surface area contributed by atoms with E-state index >= 15 is 0 Å². The summed E-state index contributed by atoms with van der Waals surface area (Å²) in [7, 11) is -2.09. The molecule has 7 nitrogen and oxygen atoms in total. The van der Waals surface area contributed by atoms with Crippen molar-refractivity contribution >= 4 is 26.6 Å². The van der Waals surface area contributed by atoms with Gasteiger partial charge >= 0.3 is 0 Å². The maximum Gasteiger partial charge on any atom is 0.244 e. The molecule has 0 unspecified atom stereocenters. The van der Waals surface area contributed by atoms with E-state index in [2.05, 4.69) is 9.88 Å². The lowest BCUT2D eigenvalue weighted by Crippen LogP contribution is -2.48. The van der Waals surface area contributed by atoms with Crippen molar-refractivity contribution in [3.63, 3.8) is 0 Å². The maximum absolute atomic E-state index is 13.1. The Morgan fingerprint density at radius 1 is 1.07 bits per heavy atom. The zero-order chi connectivity index (χ0) is 21.3. The first-order valence-corrected chi connectivity index (χ1v) is 11.1. The van der Waals surface area contributed by atoms with Crippen molar-refractivity contribution in [1.82, 2.24) is 9.29 Å². The molecular formula is C22H22N4O3S. The Hall–Kier alpha value is -3.15. The lowest BCUT2D eigenvalue weighted by atomic mass is 10.1. The molecular weight excluding hydrogens is 400 g/mol. The van der Waals surface area contributed by atoms with Crippen LogP contribution in [0.1, 0.15) is 11.3 Å². The number of nitrogens with zero attached hydrogens (tertiary/aromatic N) is 4. The third kappa shape index (κ3) is 3.58. The minimum atomic E-state index is -3.72. The fourth-order valence-electron chi connectivity index (χ4n) is 3.80. The second-order valence-electron chi connectivity index (χ2n) is 7.16. The van der Waals surface area contributed by atoms with Gasteiger partial charge in [-0.2, -0.15) is 9.57 Å². The van der Waals surface area contributed by atoms with Gasteiger partial charge in [0.15, 0.2) is 0 Å². The van der Waals surface area contributed by atoms with Crippen LogP contribution < -0.4 is 9.64 Å². The molecule has 30 heavy (non-hydrogen) atoms. The first-order chi connectivity index (χ1) is 14.4. The van der Waals surface area contributed by atoms with E-state index in [9.17, 15) is 13.7 Å². The molecule has 3 aromatic rings. The topological polar surface area (TPSA) is 86.5 Å². The van der Waals surface area contributed by atoms with Crippen LogP contribution >= 0.6 is 0 Å². The first-order valence-electron chi connectivity index (χ1n) is 9.63. The van der Waals surface area contributed by atoms with Crippen LogP contribution in [0.2, 0.25) is 0 Å². The quantitative estimate of drug-likeness (QED) is 0.643. The minimum absolute atomic E-state index is 0.0656. The second kappa shape index (κ2) is 7.94. The van der Waals surface area contributed by atoms with Gasteiger partial charge in [-0.15, -0.1) is 0 Å². The highest BCUT2D eigenvalue weighted by Gasteiger charge is 2.30. The van der Waals surface area contributed by atoms with Gasteiger partial charge in [0.1, 0.15) is 11.8 Å². The molecule has 0 radical (unpaired) electrons. The molecule has 1 aliphatic heterocycles. The lowest BCUT2D eigenvalue weighted by molar-refractivity contribution is 0.385. The van der Waals surface area contributed by atoms with Gasteiger partial charge in [-0.3, -0.25) is 4.98 Å². The summed E-state index contributed by atoms with van der Waals surface area (Å²) >= 11 is 0. The van der Waals surface area contributed by atoms with E-state index in [1.165, 1.54) is 16.4 Å². The Bertz CT molecular complexity index is 1240. The lowest BCUT2D eigenvalue weighted by Gasteiger charge is -2.36. The number of rotatable bonds is 4. The van der Waals surface area contributed by atoms with Crippen LogP contribution in [0.25, 0.3) is 10.9 Å². The molecule has 0 aliphatic carbocycles. The van der Waals surface area contributed by atoms with Crippen molar-refractivity contribution in [3.8, 4) is 11.8 Å². The van der Waals surface area contributed by atoms with Crippen LogP contribution in [0.3, 0.4) is 0 Å². The van der Waals surface area contributed by atoms with Crippen molar-refractivity contribution in [2.75, 3.05) is 38.2 Å². The van der Waals surface area contributed by atoms with Gasteiger partial charge in [0, 0.05) is 42.9 Å². The molecule has 1 aliphatic rings. The van der Waals surface area contributed by atoms with E-state index in [1.807, 2.05) is 37.3 Å². The summed E-state index contributed by atoms with van der Waals surface area (Å²) < 4.78 is 33.0. The Labute approximate surface area is 176 Å². The standard InChI is InChI=1S/C22H22N4O3S/c1-16-13-21(19-14-18(29-2)7-8-20(19)24-16)25-9-11-26(12-10-25)30(27,28)22-6-4-3-5-17(22)15-23/h3-8,13-14H,9-12H2,1-2H3. The number of anilines is 1. The Kier molecular flexibility index (Phi) is 5.33. The van der Waals surface area contributed by atoms with Crippen molar-refractivity contribution in [2.45, 2.75) is 11.8 Å². The highest BCUT2D eigenvalue weighted by Crippen LogP contribution is 2.31. The molecule has 2 aromatic carbocycles. The summed E-state index contributed by atoms with van der Waals surface area (Å²) in [4.78, 5) is 6.85. The molecule has 0 saturated carbocycles. The number of sulfonamides is 1. The van der Waals surface area contributed by atoms with Gasteiger partial charge in [-0.1, -0.05) is 12.1 Å². The molecule has 0 amide bonds. The van der Waals surface area contributed by atoms with Gasteiger partial charge in [0.25, 0.3) is 0 Å².